The van der Waals surface area contributed by atoms with Crippen LogP contribution in [-0.4, -0.2) is 59.6 Å². The van der Waals surface area contributed by atoms with E-state index >= 15 is 0 Å². The second kappa shape index (κ2) is 15.6. The summed E-state index contributed by atoms with van der Waals surface area (Å²) in [7, 11) is 0. The van der Waals surface area contributed by atoms with Crippen molar-refractivity contribution in [1.29, 1.82) is 0 Å². The number of ether oxygens (including phenoxy) is 2. The minimum Gasteiger partial charge on any atom is -0.394 e. The molecule has 0 radical (unpaired) electrons. The Bertz CT molecular complexity index is 347. The van der Waals surface area contributed by atoms with Gasteiger partial charge in [0.15, 0.2) is 0 Å². The van der Waals surface area contributed by atoms with Gasteiger partial charge in [-0.1, -0.05) is 63.5 Å². The number of aliphatic hydroxyl groups is 3. The van der Waals surface area contributed by atoms with E-state index in [0.717, 1.165) is 12.8 Å². The van der Waals surface area contributed by atoms with Crippen molar-refractivity contribution in [3.8, 4) is 0 Å². The van der Waals surface area contributed by atoms with Gasteiger partial charge in [-0.25, -0.2) is 0 Å². The summed E-state index contributed by atoms with van der Waals surface area (Å²) in [4.78, 5) is 0. The maximum Gasteiger partial charge on any atom is 0.114 e. The van der Waals surface area contributed by atoms with Crippen LogP contribution in [0, 0.1) is 0 Å². The lowest BCUT2D eigenvalue weighted by Gasteiger charge is -2.24. The summed E-state index contributed by atoms with van der Waals surface area (Å²) in [6.07, 6.45) is 15.2. The molecule has 26 heavy (non-hydrogen) atoms. The molecule has 1 rings (SSSR count). The Balaban J connectivity index is 1.88. The number of hydrogen-bond donors (Lipinski definition) is 3. The fourth-order valence-electron chi connectivity index (χ4n) is 3.38. The maximum atomic E-state index is 9.81. The first-order chi connectivity index (χ1) is 12.7. The van der Waals surface area contributed by atoms with Crippen LogP contribution >= 0.6 is 0 Å². The number of aliphatic hydroxyl groups excluding tert-OH is 3. The highest BCUT2D eigenvalue weighted by atomic mass is 16.6. The number of unbranched alkanes of at least 4 members (excludes halogenated alkanes) is 10. The molecular formula is C21H40O5. The van der Waals surface area contributed by atoms with Crippen LogP contribution in [0.3, 0.4) is 0 Å². The summed E-state index contributed by atoms with van der Waals surface area (Å²) < 4.78 is 11.0. The quantitative estimate of drug-likeness (QED) is 0.286. The van der Waals surface area contributed by atoms with Crippen molar-refractivity contribution in [2.24, 2.45) is 0 Å². The zero-order valence-corrected chi connectivity index (χ0v) is 16.5. The van der Waals surface area contributed by atoms with Crippen LogP contribution in [0.25, 0.3) is 0 Å². The van der Waals surface area contributed by atoms with Crippen molar-refractivity contribution >= 4 is 0 Å². The lowest BCUT2D eigenvalue weighted by Crippen LogP contribution is -2.42. The minimum absolute atomic E-state index is 0.0987. The predicted molar refractivity (Wildman–Crippen MR) is 104 cm³/mol. The van der Waals surface area contributed by atoms with Gasteiger partial charge in [-0.2, -0.15) is 0 Å². The molecule has 0 spiro atoms. The molecule has 0 aromatic carbocycles. The Hall–Kier alpha value is -0.460. The van der Waals surface area contributed by atoms with E-state index < -0.39 is 24.4 Å². The highest BCUT2D eigenvalue weighted by Crippen LogP contribution is 2.20. The van der Waals surface area contributed by atoms with Crippen molar-refractivity contribution in [2.75, 3.05) is 19.8 Å². The van der Waals surface area contributed by atoms with Crippen LogP contribution in [0.5, 0.6) is 0 Å². The molecule has 154 valence electrons. The van der Waals surface area contributed by atoms with Gasteiger partial charge in [-0.3, -0.25) is 0 Å². The maximum absolute atomic E-state index is 9.81. The van der Waals surface area contributed by atoms with Crippen LogP contribution in [0.1, 0.15) is 77.6 Å². The molecule has 1 saturated heterocycles. The Labute approximate surface area is 159 Å². The molecule has 0 bridgehead atoms. The molecule has 5 nitrogen and oxygen atoms in total. The second-order valence-electron chi connectivity index (χ2n) is 7.34. The largest absolute Gasteiger partial charge is 0.394 e. The topological polar surface area (TPSA) is 79.2 Å². The van der Waals surface area contributed by atoms with Gasteiger partial charge < -0.3 is 24.8 Å². The average molecular weight is 373 g/mol. The van der Waals surface area contributed by atoms with Crippen LogP contribution in [0.4, 0.5) is 0 Å². The van der Waals surface area contributed by atoms with Gasteiger partial charge in [-0.15, -0.1) is 0 Å². The number of rotatable bonds is 16. The van der Waals surface area contributed by atoms with Crippen LogP contribution in [-0.2, 0) is 9.47 Å². The molecule has 0 amide bonds. The summed E-state index contributed by atoms with van der Waals surface area (Å²) >= 11 is 0. The molecule has 4 atom stereocenters. The first-order valence-electron chi connectivity index (χ1n) is 10.5. The van der Waals surface area contributed by atoms with E-state index in [2.05, 4.69) is 19.1 Å². The highest BCUT2D eigenvalue weighted by molar-refractivity contribution is 4.88. The number of allylic oxidation sites excluding steroid dienone is 2. The second-order valence-corrected chi connectivity index (χ2v) is 7.34. The standard InChI is InChI=1S/C21H40O5/c1-2-3-4-5-6-7-8-9-10-11-12-13-14-15-25-19(16-22)21-20(24)18(23)17-26-21/h2-3,18-24H,4-17H2,1H3/b3-2+/t18-,19+,20-,21-/m0/s1. The summed E-state index contributed by atoms with van der Waals surface area (Å²) in [5.41, 5.74) is 0. The van der Waals surface area contributed by atoms with Gasteiger partial charge in [0, 0.05) is 6.61 Å². The molecule has 3 N–H and O–H groups in total. The number of hydrogen-bond acceptors (Lipinski definition) is 5. The smallest absolute Gasteiger partial charge is 0.114 e. The van der Waals surface area contributed by atoms with Gasteiger partial charge in [0.1, 0.15) is 24.4 Å². The third-order valence-corrected chi connectivity index (χ3v) is 5.07. The highest BCUT2D eigenvalue weighted by Gasteiger charge is 2.40. The molecule has 1 heterocycles. The van der Waals surface area contributed by atoms with E-state index in [-0.39, 0.29) is 13.2 Å². The van der Waals surface area contributed by atoms with Gasteiger partial charge >= 0.3 is 0 Å². The summed E-state index contributed by atoms with van der Waals surface area (Å²) in [6, 6.07) is 0. The fraction of sp³-hybridized carbons (Fsp3) is 0.905. The molecule has 1 fully saturated rings. The van der Waals surface area contributed by atoms with Gasteiger partial charge in [0.2, 0.25) is 0 Å². The van der Waals surface area contributed by atoms with Crippen molar-refractivity contribution in [3.05, 3.63) is 12.2 Å². The van der Waals surface area contributed by atoms with Crippen LogP contribution < -0.4 is 0 Å². The Morgan fingerprint density at radius 3 is 2.04 bits per heavy atom. The molecule has 1 aliphatic heterocycles. The minimum atomic E-state index is -0.977. The van der Waals surface area contributed by atoms with Crippen LogP contribution in [0.15, 0.2) is 12.2 Å². The first kappa shape index (κ1) is 23.6. The Morgan fingerprint density at radius 2 is 1.54 bits per heavy atom. The summed E-state index contributed by atoms with van der Waals surface area (Å²) in [5.74, 6) is 0. The lowest BCUT2D eigenvalue weighted by molar-refractivity contribution is -0.101. The van der Waals surface area contributed by atoms with E-state index in [1.165, 1.54) is 57.8 Å². The normalized spacial score (nSPS) is 24.5. The molecule has 0 saturated carbocycles. The van der Waals surface area contributed by atoms with Crippen molar-refractivity contribution in [3.63, 3.8) is 0 Å². The van der Waals surface area contributed by atoms with Crippen molar-refractivity contribution in [2.45, 2.75) is 102 Å². The Morgan fingerprint density at radius 1 is 0.962 bits per heavy atom. The lowest BCUT2D eigenvalue weighted by atomic mass is 10.1. The molecule has 0 aromatic rings. The third-order valence-electron chi connectivity index (χ3n) is 5.07. The molecule has 0 aromatic heterocycles. The van der Waals surface area contributed by atoms with Gasteiger partial charge in [-0.05, 0) is 26.2 Å². The predicted octanol–water partition coefficient (Wildman–Crippen LogP) is 3.35. The monoisotopic (exact) mass is 372 g/mol. The average Bonchev–Trinajstić information content (AvgIpc) is 2.98. The first-order valence-corrected chi connectivity index (χ1v) is 10.5. The van der Waals surface area contributed by atoms with Crippen LogP contribution in [0.2, 0.25) is 0 Å². The van der Waals surface area contributed by atoms with E-state index in [1.54, 1.807) is 0 Å². The Kier molecular flexibility index (Phi) is 14.1. The molecule has 1 aliphatic rings. The van der Waals surface area contributed by atoms with E-state index in [9.17, 15) is 15.3 Å². The molecular weight excluding hydrogens is 332 g/mol. The van der Waals surface area contributed by atoms with Crippen molar-refractivity contribution in [1.82, 2.24) is 0 Å². The van der Waals surface area contributed by atoms with E-state index in [1.807, 2.05) is 0 Å². The molecule has 5 heteroatoms. The van der Waals surface area contributed by atoms with Gasteiger partial charge in [0.05, 0.1) is 13.2 Å². The van der Waals surface area contributed by atoms with E-state index in [0.29, 0.717) is 6.61 Å². The summed E-state index contributed by atoms with van der Waals surface area (Å²) in [6.45, 7) is 2.53. The molecule has 0 aliphatic carbocycles. The summed E-state index contributed by atoms with van der Waals surface area (Å²) in [5, 5.41) is 28.7. The van der Waals surface area contributed by atoms with E-state index in [4.69, 9.17) is 9.47 Å². The fourth-order valence-corrected chi connectivity index (χ4v) is 3.38. The van der Waals surface area contributed by atoms with Crippen molar-refractivity contribution < 1.29 is 24.8 Å². The van der Waals surface area contributed by atoms with Gasteiger partial charge in [0.25, 0.3) is 0 Å². The molecule has 0 unspecified atom stereocenters. The zero-order chi connectivity index (χ0) is 19.0. The third kappa shape index (κ3) is 10.0. The SMILES string of the molecule is C/C=C/CCCCCCCCCCCCO[C@H](CO)[C@@H]1OC[C@H](O)[C@@H]1O. The zero-order valence-electron chi connectivity index (χ0n) is 16.5.